The summed E-state index contributed by atoms with van der Waals surface area (Å²) in [6, 6.07) is 8.28. The molecular weight excluding hydrogens is 312 g/mol. The summed E-state index contributed by atoms with van der Waals surface area (Å²) in [5.74, 6) is 2.22. The van der Waals surface area contributed by atoms with Crippen molar-refractivity contribution in [1.82, 2.24) is 14.9 Å². The molecule has 3 atom stereocenters. The third-order valence-corrected chi connectivity index (χ3v) is 6.35. The van der Waals surface area contributed by atoms with Crippen molar-refractivity contribution in [1.29, 1.82) is 0 Å². The maximum atomic E-state index is 12.9. The summed E-state index contributed by atoms with van der Waals surface area (Å²) in [4.78, 5) is 17.6. The molecule has 2 fully saturated rings. The van der Waals surface area contributed by atoms with E-state index >= 15 is 0 Å². The van der Waals surface area contributed by atoms with E-state index in [0.717, 1.165) is 29.7 Å². The van der Waals surface area contributed by atoms with Crippen molar-refractivity contribution in [2.75, 3.05) is 0 Å². The first kappa shape index (κ1) is 16.6. The van der Waals surface area contributed by atoms with Gasteiger partial charge in [-0.05, 0) is 56.6 Å². The van der Waals surface area contributed by atoms with Crippen LogP contribution >= 0.6 is 0 Å². The lowest BCUT2D eigenvalue weighted by molar-refractivity contribution is -0.128. The highest BCUT2D eigenvalue weighted by Crippen LogP contribution is 2.42. The number of benzene rings is 1. The van der Waals surface area contributed by atoms with Crippen LogP contribution in [0.4, 0.5) is 0 Å². The molecule has 2 aliphatic carbocycles. The molecule has 0 radical (unpaired) electrons. The zero-order valence-corrected chi connectivity index (χ0v) is 15.1. The largest absolute Gasteiger partial charge is 0.346 e. The van der Waals surface area contributed by atoms with Gasteiger partial charge in [0.15, 0.2) is 0 Å². The highest BCUT2D eigenvalue weighted by Gasteiger charge is 2.40. The minimum Gasteiger partial charge on any atom is -0.346 e. The summed E-state index contributed by atoms with van der Waals surface area (Å²) in [6.07, 6.45) is 5.52. The van der Waals surface area contributed by atoms with Crippen LogP contribution in [0.15, 0.2) is 24.3 Å². The first-order chi connectivity index (χ1) is 12.0. The fourth-order valence-electron chi connectivity index (χ4n) is 4.95. The normalized spacial score (nSPS) is 30.2. The average molecular weight is 340 g/mol. The molecule has 2 aromatic rings. The Morgan fingerprint density at radius 1 is 1.28 bits per heavy atom. The highest BCUT2D eigenvalue weighted by molar-refractivity contribution is 5.80. The van der Waals surface area contributed by atoms with Gasteiger partial charge in [0.2, 0.25) is 5.91 Å². The number of hydrogen-bond acceptors (Lipinski definition) is 3. The lowest BCUT2D eigenvalue weighted by Gasteiger charge is -2.43. The second-order valence-electron chi connectivity index (χ2n) is 7.94. The number of nitrogens with one attached hydrogen (secondary N) is 1. The summed E-state index contributed by atoms with van der Waals surface area (Å²) in [5.41, 5.74) is 8.42. The summed E-state index contributed by atoms with van der Waals surface area (Å²) >= 11 is 0. The second kappa shape index (κ2) is 6.45. The fraction of sp³-hybridized carbons (Fsp3) is 0.600. The van der Waals surface area contributed by atoms with Crippen LogP contribution in [0.25, 0.3) is 11.0 Å². The van der Waals surface area contributed by atoms with Crippen molar-refractivity contribution in [3.63, 3.8) is 0 Å². The van der Waals surface area contributed by atoms with E-state index in [-0.39, 0.29) is 17.9 Å². The predicted molar refractivity (Wildman–Crippen MR) is 98.8 cm³/mol. The number of imidazole rings is 1. The van der Waals surface area contributed by atoms with Crippen molar-refractivity contribution in [2.24, 2.45) is 30.5 Å². The molecule has 5 nitrogen and oxygen atoms in total. The number of rotatable bonds is 3. The number of amides is 1. The topological polar surface area (TPSA) is 72.9 Å². The molecule has 1 amide bonds. The summed E-state index contributed by atoms with van der Waals surface area (Å²) in [5, 5.41) is 3.21. The van der Waals surface area contributed by atoms with Gasteiger partial charge in [-0.1, -0.05) is 18.6 Å². The number of aromatic nitrogens is 2. The molecular formula is C20H28N4O. The lowest BCUT2D eigenvalue weighted by atomic mass is 9.65. The highest BCUT2D eigenvalue weighted by atomic mass is 16.1. The van der Waals surface area contributed by atoms with Gasteiger partial charge in [-0.15, -0.1) is 0 Å². The molecule has 0 spiro atoms. The Bertz CT molecular complexity index is 769. The predicted octanol–water partition coefficient (Wildman–Crippen LogP) is 2.90. The van der Waals surface area contributed by atoms with Gasteiger partial charge in [0.1, 0.15) is 5.82 Å². The van der Waals surface area contributed by atoms with E-state index in [2.05, 4.69) is 16.0 Å². The molecule has 2 saturated carbocycles. The second-order valence-corrected chi connectivity index (χ2v) is 7.94. The van der Waals surface area contributed by atoms with E-state index < -0.39 is 0 Å². The minimum absolute atomic E-state index is 0.0969. The van der Waals surface area contributed by atoms with E-state index in [9.17, 15) is 4.79 Å². The van der Waals surface area contributed by atoms with Crippen LogP contribution in [0.1, 0.15) is 50.9 Å². The molecule has 3 unspecified atom stereocenters. The van der Waals surface area contributed by atoms with E-state index in [0.29, 0.717) is 17.9 Å². The quantitative estimate of drug-likeness (QED) is 0.902. The maximum Gasteiger partial charge on any atom is 0.223 e. The van der Waals surface area contributed by atoms with Crippen LogP contribution in [-0.4, -0.2) is 21.5 Å². The first-order valence-electron chi connectivity index (χ1n) is 9.52. The molecule has 2 bridgehead atoms. The Labute approximate surface area is 149 Å². The molecule has 2 aliphatic rings. The van der Waals surface area contributed by atoms with Crippen molar-refractivity contribution in [3.8, 4) is 0 Å². The molecule has 1 aromatic heterocycles. The number of hydrogen-bond donors (Lipinski definition) is 2. The van der Waals surface area contributed by atoms with Crippen LogP contribution in [-0.2, 0) is 11.8 Å². The van der Waals surface area contributed by atoms with E-state index in [1.165, 1.54) is 19.3 Å². The molecule has 4 rings (SSSR count). The molecule has 134 valence electrons. The molecule has 0 aliphatic heterocycles. The van der Waals surface area contributed by atoms with Gasteiger partial charge in [-0.25, -0.2) is 4.98 Å². The third kappa shape index (κ3) is 2.95. The number of nitrogens with two attached hydrogens (primary N) is 1. The average Bonchev–Trinajstić information content (AvgIpc) is 2.92. The number of carbonyl (C=O) groups is 1. The van der Waals surface area contributed by atoms with Gasteiger partial charge in [-0.3, -0.25) is 4.79 Å². The van der Waals surface area contributed by atoms with Crippen molar-refractivity contribution in [3.05, 3.63) is 30.1 Å². The monoisotopic (exact) mass is 340 g/mol. The zero-order valence-electron chi connectivity index (χ0n) is 15.1. The fourth-order valence-corrected chi connectivity index (χ4v) is 4.95. The van der Waals surface area contributed by atoms with Crippen LogP contribution in [0.5, 0.6) is 0 Å². The van der Waals surface area contributed by atoms with Crippen molar-refractivity contribution >= 4 is 16.9 Å². The Morgan fingerprint density at radius 2 is 1.96 bits per heavy atom. The van der Waals surface area contributed by atoms with Crippen LogP contribution < -0.4 is 11.1 Å². The number of fused-ring (bicyclic) bond motifs is 3. The summed E-state index contributed by atoms with van der Waals surface area (Å²) < 4.78 is 2.08. The molecule has 1 aromatic carbocycles. The SMILES string of the molecule is CC(NC(=O)C1CC2CCCC(C1)C2N)c1nc2ccccc2n1C. The lowest BCUT2D eigenvalue weighted by Crippen LogP contribution is -2.49. The van der Waals surface area contributed by atoms with Crippen LogP contribution in [0.3, 0.4) is 0 Å². The van der Waals surface area contributed by atoms with Crippen LogP contribution in [0.2, 0.25) is 0 Å². The van der Waals surface area contributed by atoms with Gasteiger partial charge in [-0.2, -0.15) is 0 Å². The van der Waals surface area contributed by atoms with Gasteiger partial charge in [0.25, 0.3) is 0 Å². The number of nitrogens with zero attached hydrogens (tertiary/aromatic N) is 2. The van der Waals surface area contributed by atoms with Gasteiger partial charge in [0, 0.05) is 19.0 Å². The van der Waals surface area contributed by atoms with E-state index in [4.69, 9.17) is 10.7 Å². The standard InChI is InChI=1S/C20H28N4O/c1-12(19-23-16-8-3-4-9-17(16)24(19)2)22-20(25)15-10-13-6-5-7-14(11-15)18(13)21/h3-4,8-9,12-15,18H,5-7,10-11,21H2,1-2H3,(H,22,25). The summed E-state index contributed by atoms with van der Waals surface area (Å²) in [7, 11) is 2.01. The molecule has 1 heterocycles. The van der Waals surface area contributed by atoms with E-state index in [1.807, 2.05) is 32.2 Å². The maximum absolute atomic E-state index is 12.9. The Kier molecular flexibility index (Phi) is 4.28. The number of para-hydroxylation sites is 2. The Hall–Kier alpha value is -1.88. The van der Waals surface area contributed by atoms with Gasteiger partial charge in [0.05, 0.1) is 17.1 Å². The van der Waals surface area contributed by atoms with Crippen LogP contribution in [0, 0.1) is 17.8 Å². The molecule has 3 N–H and O–H groups in total. The van der Waals surface area contributed by atoms with Crippen molar-refractivity contribution < 1.29 is 4.79 Å². The summed E-state index contributed by atoms with van der Waals surface area (Å²) in [6.45, 7) is 2.02. The number of aryl methyl sites for hydroxylation is 1. The minimum atomic E-state index is -0.0969. The molecule has 5 heteroatoms. The smallest absolute Gasteiger partial charge is 0.223 e. The Balaban J connectivity index is 1.47. The third-order valence-electron chi connectivity index (χ3n) is 6.35. The first-order valence-corrected chi connectivity index (χ1v) is 9.52. The van der Waals surface area contributed by atoms with E-state index in [1.54, 1.807) is 0 Å². The zero-order chi connectivity index (χ0) is 17.6. The Morgan fingerprint density at radius 3 is 2.64 bits per heavy atom. The number of carbonyl (C=O) groups excluding carboxylic acids is 1. The molecule has 25 heavy (non-hydrogen) atoms. The van der Waals surface area contributed by atoms with Gasteiger partial charge >= 0.3 is 0 Å². The van der Waals surface area contributed by atoms with Gasteiger partial charge < -0.3 is 15.6 Å². The van der Waals surface area contributed by atoms with Crippen molar-refractivity contribution in [2.45, 2.75) is 51.1 Å². The molecule has 0 saturated heterocycles.